The molecule has 1 aliphatic heterocycles. The molecule has 2 aliphatic rings. The maximum absolute atomic E-state index is 12.0. The number of fused-ring (bicyclic) bond motifs is 1. The fourth-order valence-electron chi connectivity index (χ4n) is 2.31. The molecule has 17 heavy (non-hydrogen) atoms. The number of morpholine rings is 1. The van der Waals surface area contributed by atoms with Gasteiger partial charge in [-0.1, -0.05) is 0 Å². The maximum atomic E-state index is 12.0. The lowest BCUT2D eigenvalue weighted by Crippen LogP contribution is -2.53. The standard InChI is InChI=1S/C12H19NO4/c1-12(2,3)17-11(15)13-6-7-16-10-8(13)4-5-9(10)14/h8,10H,4-7H2,1-3H3. The van der Waals surface area contributed by atoms with Crippen LogP contribution in [0.25, 0.3) is 0 Å². The third-order valence-corrected chi connectivity index (χ3v) is 3.01. The molecule has 0 aromatic carbocycles. The summed E-state index contributed by atoms with van der Waals surface area (Å²) in [5.74, 6) is 0.100. The number of carbonyl (C=O) groups excluding carboxylic acids is 2. The first kappa shape index (κ1) is 12.4. The average Bonchev–Trinajstić information content (AvgIpc) is 2.58. The Labute approximate surface area is 101 Å². The van der Waals surface area contributed by atoms with E-state index >= 15 is 0 Å². The molecule has 0 bridgehead atoms. The van der Waals surface area contributed by atoms with E-state index in [4.69, 9.17) is 9.47 Å². The zero-order valence-corrected chi connectivity index (χ0v) is 10.6. The number of ether oxygens (including phenoxy) is 2. The van der Waals surface area contributed by atoms with Crippen molar-refractivity contribution in [3.63, 3.8) is 0 Å². The van der Waals surface area contributed by atoms with Crippen molar-refractivity contribution in [1.82, 2.24) is 4.90 Å². The molecule has 5 nitrogen and oxygen atoms in total. The predicted molar refractivity (Wildman–Crippen MR) is 60.7 cm³/mol. The van der Waals surface area contributed by atoms with Crippen molar-refractivity contribution < 1.29 is 19.1 Å². The van der Waals surface area contributed by atoms with Crippen LogP contribution in [0.2, 0.25) is 0 Å². The summed E-state index contributed by atoms with van der Waals surface area (Å²) < 4.78 is 10.8. The second-order valence-corrected chi connectivity index (χ2v) is 5.54. The molecule has 1 amide bonds. The third kappa shape index (κ3) is 2.60. The van der Waals surface area contributed by atoms with E-state index in [2.05, 4.69) is 0 Å². The molecule has 0 aromatic rings. The van der Waals surface area contributed by atoms with Crippen LogP contribution in [0.15, 0.2) is 0 Å². The molecule has 0 spiro atoms. The van der Waals surface area contributed by atoms with Gasteiger partial charge in [0.2, 0.25) is 0 Å². The van der Waals surface area contributed by atoms with Crippen LogP contribution in [0.1, 0.15) is 33.6 Å². The molecule has 2 unspecified atom stereocenters. The molecule has 2 fully saturated rings. The molecular weight excluding hydrogens is 222 g/mol. The Hall–Kier alpha value is -1.10. The van der Waals surface area contributed by atoms with Gasteiger partial charge >= 0.3 is 6.09 Å². The Balaban J connectivity index is 2.05. The fraction of sp³-hybridized carbons (Fsp3) is 0.833. The lowest BCUT2D eigenvalue weighted by atomic mass is 10.1. The molecule has 1 heterocycles. The van der Waals surface area contributed by atoms with Crippen molar-refractivity contribution in [1.29, 1.82) is 0 Å². The summed E-state index contributed by atoms with van der Waals surface area (Å²) in [4.78, 5) is 25.2. The van der Waals surface area contributed by atoms with Gasteiger partial charge in [-0.25, -0.2) is 4.79 Å². The van der Waals surface area contributed by atoms with Gasteiger partial charge in [0, 0.05) is 13.0 Å². The van der Waals surface area contributed by atoms with E-state index in [0.717, 1.165) is 0 Å². The van der Waals surface area contributed by atoms with E-state index in [1.54, 1.807) is 4.90 Å². The summed E-state index contributed by atoms with van der Waals surface area (Å²) >= 11 is 0. The van der Waals surface area contributed by atoms with Gasteiger partial charge < -0.3 is 9.47 Å². The molecular formula is C12H19NO4. The Morgan fingerprint density at radius 3 is 2.82 bits per heavy atom. The van der Waals surface area contributed by atoms with Gasteiger partial charge in [0.15, 0.2) is 5.78 Å². The Kier molecular flexibility index (Phi) is 3.12. The monoisotopic (exact) mass is 241 g/mol. The molecule has 1 saturated carbocycles. The van der Waals surface area contributed by atoms with Crippen LogP contribution in [0.3, 0.4) is 0 Å². The largest absolute Gasteiger partial charge is 0.444 e. The van der Waals surface area contributed by atoms with E-state index in [1.807, 2.05) is 20.8 Å². The number of hydrogen-bond donors (Lipinski definition) is 0. The molecule has 1 saturated heterocycles. The molecule has 0 aromatic heterocycles. The van der Waals surface area contributed by atoms with E-state index in [1.165, 1.54) is 0 Å². The first-order valence-electron chi connectivity index (χ1n) is 6.02. The number of ketones is 1. The summed E-state index contributed by atoms with van der Waals surface area (Å²) in [5, 5.41) is 0. The minimum Gasteiger partial charge on any atom is -0.444 e. The van der Waals surface area contributed by atoms with Gasteiger partial charge in [-0.15, -0.1) is 0 Å². The van der Waals surface area contributed by atoms with Gasteiger partial charge in [-0.05, 0) is 27.2 Å². The molecule has 5 heteroatoms. The third-order valence-electron chi connectivity index (χ3n) is 3.01. The van der Waals surface area contributed by atoms with Crippen LogP contribution in [-0.2, 0) is 14.3 Å². The topological polar surface area (TPSA) is 55.8 Å². The number of nitrogens with zero attached hydrogens (tertiary/aromatic N) is 1. The number of rotatable bonds is 0. The second kappa shape index (κ2) is 4.29. The molecule has 2 rings (SSSR count). The predicted octanol–water partition coefficient (Wildman–Crippen LogP) is 1.35. The highest BCUT2D eigenvalue weighted by molar-refractivity contribution is 5.87. The minimum atomic E-state index is -0.506. The van der Waals surface area contributed by atoms with Crippen molar-refractivity contribution >= 4 is 11.9 Å². The molecule has 96 valence electrons. The van der Waals surface area contributed by atoms with E-state index in [9.17, 15) is 9.59 Å². The van der Waals surface area contributed by atoms with Crippen LogP contribution in [0, 0.1) is 0 Å². The van der Waals surface area contributed by atoms with Crippen molar-refractivity contribution in [2.45, 2.75) is 51.4 Å². The van der Waals surface area contributed by atoms with Crippen LogP contribution >= 0.6 is 0 Å². The minimum absolute atomic E-state index is 0.100. The maximum Gasteiger partial charge on any atom is 0.410 e. The Morgan fingerprint density at radius 1 is 1.47 bits per heavy atom. The summed E-state index contributed by atoms with van der Waals surface area (Å²) in [7, 11) is 0. The van der Waals surface area contributed by atoms with Crippen LogP contribution < -0.4 is 0 Å². The Morgan fingerprint density at radius 2 is 2.18 bits per heavy atom. The van der Waals surface area contributed by atoms with Crippen molar-refractivity contribution in [2.75, 3.05) is 13.2 Å². The van der Waals surface area contributed by atoms with E-state index in [-0.39, 0.29) is 17.9 Å². The van der Waals surface area contributed by atoms with E-state index in [0.29, 0.717) is 26.0 Å². The summed E-state index contributed by atoms with van der Waals surface area (Å²) in [6, 6.07) is -0.133. The number of carbonyl (C=O) groups is 2. The number of Topliss-reactive ketones (excluding diaryl/α,β-unsaturated/α-hetero) is 1. The first-order chi connectivity index (χ1) is 7.88. The number of hydrogen-bond acceptors (Lipinski definition) is 4. The van der Waals surface area contributed by atoms with Crippen LogP contribution in [0.5, 0.6) is 0 Å². The van der Waals surface area contributed by atoms with Crippen molar-refractivity contribution in [2.24, 2.45) is 0 Å². The highest BCUT2D eigenvalue weighted by Gasteiger charge is 2.44. The SMILES string of the molecule is CC(C)(C)OC(=O)N1CCOC2C(=O)CCC21. The highest BCUT2D eigenvalue weighted by Crippen LogP contribution is 2.28. The average molecular weight is 241 g/mol. The van der Waals surface area contributed by atoms with Gasteiger partial charge in [-0.3, -0.25) is 9.69 Å². The molecule has 0 N–H and O–H groups in total. The van der Waals surface area contributed by atoms with Crippen molar-refractivity contribution in [3.8, 4) is 0 Å². The van der Waals surface area contributed by atoms with Crippen LogP contribution in [-0.4, -0.2) is 47.7 Å². The zero-order chi connectivity index (χ0) is 12.6. The fourth-order valence-corrected chi connectivity index (χ4v) is 2.31. The van der Waals surface area contributed by atoms with Crippen molar-refractivity contribution in [3.05, 3.63) is 0 Å². The first-order valence-corrected chi connectivity index (χ1v) is 6.02. The van der Waals surface area contributed by atoms with Gasteiger partial charge in [0.05, 0.1) is 12.6 Å². The van der Waals surface area contributed by atoms with Gasteiger partial charge in [0.1, 0.15) is 11.7 Å². The highest BCUT2D eigenvalue weighted by atomic mass is 16.6. The summed E-state index contributed by atoms with van der Waals surface area (Å²) in [6.07, 6.45) is 0.402. The lowest BCUT2D eigenvalue weighted by Gasteiger charge is -2.37. The van der Waals surface area contributed by atoms with Gasteiger partial charge in [-0.2, -0.15) is 0 Å². The number of amides is 1. The van der Waals surface area contributed by atoms with Gasteiger partial charge in [0.25, 0.3) is 0 Å². The zero-order valence-electron chi connectivity index (χ0n) is 10.6. The normalized spacial score (nSPS) is 29.1. The van der Waals surface area contributed by atoms with Crippen LogP contribution in [0.4, 0.5) is 4.79 Å². The molecule has 1 aliphatic carbocycles. The summed E-state index contributed by atoms with van der Waals surface area (Å²) in [5.41, 5.74) is -0.506. The second-order valence-electron chi connectivity index (χ2n) is 5.54. The molecule has 0 radical (unpaired) electrons. The van der Waals surface area contributed by atoms with E-state index < -0.39 is 11.7 Å². The Bertz CT molecular complexity index is 334. The lowest BCUT2D eigenvalue weighted by molar-refractivity contribution is -0.134. The quantitative estimate of drug-likeness (QED) is 0.642. The smallest absolute Gasteiger partial charge is 0.410 e. The summed E-state index contributed by atoms with van der Waals surface area (Å²) in [6.45, 7) is 6.42. The molecule has 2 atom stereocenters.